The Balaban J connectivity index is 1.73. The number of rotatable bonds is 7. The van der Waals surface area contributed by atoms with Crippen molar-refractivity contribution < 1.29 is 19.1 Å². The molecule has 0 aromatic heterocycles. The largest absolute Gasteiger partial charge is 0.465 e. The van der Waals surface area contributed by atoms with Gasteiger partial charge in [-0.2, -0.15) is 0 Å². The molecule has 0 amide bonds. The Kier molecular flexibility index (Phi) is 6.65. The Morgan fingerprint density at radius 3 is 2.57 bits per heavy atom. The quantitative estimate of drug-likeness (QED) is 0.302. The number of carbonyl (C=O) groups is 1. The van der Waals surface area contributed by atoms with Gasteiger partial charge in [0, 0.05) is 10.6 Å². The number of hydrogen-bond acceptors (Lipinski definition) is 5. The van der Waals surface area contributed by atoms with E-state index in [1.54, 1.807) is 0 Å². The van der Waals surface area contributed by atoms with Gasteiger partial charge in [-0.05, 0) is 41.5 Å². The van der Waals surface area contributed by atoms with E-state index in [9.17, 15) is 4.79 Å². The molecule has 3 aromatic carbocycles. The zero-order valence-electron chi connectivity index (χ0n) is 15.2. The van der Waals surface area contributed by atoms with Crippen LogP contribution in [0.4, 0.5) is 0 Å². The van der Waals surface area contributed by atoms with Gasteiger partial charge in [0.15, 0.2) is 6.21 Å². The summed E-state index contributed by atoms with van der Waals surface area (Å²) < 4.78 is 10.5. The van der Waals surface area contributed by atoms with Gasteiger partial charge in [-0.15, -0.1) is 0 Å². The normalized spacial score (nSPS) is 10.6. The Hall–Kier alpha value is -3.31. The summed E-state index contributed by atoms with van der Waals surface area (Å²) in [5.74, 6) is 0.755. The van der Waals surface area contributed by atoms with Crippen LogP contribution in [-0.2, 0) is 21.0 Å². The molecule has 0 N–H and O–H groups in total. The summed E-state index contributed by atoms with van der Waals surface area (Å²) in [6, 6.07) is 22.9. The van der Waals surface area contributed by atoms with Crippen molar-refractivity contribution in [3.63, 3.8) is 0 Å². The van der Waals surface area contributed by atoms with E-state index >= 15 is 0 Å². The number of methoxy groups -OCH3 is 1. The zero-order chi connectivity index (χ0) is 19.8. The van der Waals surface area contributed by atoms with E-state index in [0.717, 1.165) is 22.9 Å². The van der Waals surface area contributed by atoms with Crippen LogP contribution in [0.15, 0.2) is 78.0 Å². The fraction of sp³-hybridized carbons (Fsp3) is 0.0909. The molecule has 0 saturated heterocycles. The maximum absolute atomic E-state index is 11.0. The Labute approximate surface area is 168 Å². The van der Waals surface area contributed by atoms with Gasteiger partial charge in [-0.3, -0.25) is 0 Å². The Morgan fingerprint density at radius 1 is 1.00 bits per heavy atom. The number of ether oxygens (including phenoxy) is 2. The van der Waals surface area contributed by atoms with Gasteiger partial charge in [0.25, 0.3) is 0 Å². The van der Waals surface area contributed by atoms with Crippen LogP contribution in [0.1, 0.15) is 5.56 Å². The minimum absolute atomic E-state index is 0.153. The average Bonchev–Trinajstić information content (AvgIpc) is 2.73. The predicted octanol–water partition coefficient (Wildman–Crippen LogP) is 5.47. The van der Waals surface area contributed by atoms with Crippen molar-refractivity contribution in [1.29, 1.82) is 0 Å². The van der Waals surface area contributed by atoms with E-state index in [1.165, 1.54) is 7.11 Å². The molecule has 0 heterocycles. The molecule has 0 spiro atoms. The molecule has 0 aliphatic carbocycles. The third kappa shape index (κ3) is 5.34. The molecule has 3 aromatic rings. The van der Waals surface area contributed by atoms with Crippen LogP contribution in [0.2, 0.25) is 5.02 Å². The molecule has 0 aliphatic heterocycles. The van der Waals surface area contributed by atoms with Gasteiger partial charge in [0.2, 0.25) is 0 Å². The van der Waals surface area contributed by atoms with E-state index in [2.05, 4.69) is 9.89 Å². The number of halogens is 1. The molecule has 5 nitrogen and oxygen atoms in total. The minimum Gasteiger partial charge on any atom is -0.465 e. The van der Waals surface area contributed by atoms with Crippen molar-refractivity contribution >= 4 is 23.8 Å². The predicted molar refractivity (Wildman–Crippen MR) is 109 cm³/mol. The summed E-state index contributed by atoms with van der Waals surface area (Å²) in [4.78, 5) is 16.2. The van der Waals surface area contributed by atoms with E-state index < -0.39 is 5.97 Å². The second-order valence-corrected chi connectivity index (χ2v) is 6.21. The highest BCUT2D eigenvalue weighted by Crippen LogP contribution is 2.30. The van der Waals surface area contributed by atoms with Gasteiger partial charge >= 0.3 is 5.97 Å². The molecule has 142 valence electrons. The fourth-order valence-electron chi connectivity index (χ4n) is 2.47. The molecule has 0 atom stereocenters. The first kappa shape index (κ1) is 19.5. The van der Waals surface area contributed by atoms with E-state index in [1.807, 2.05) is 72.8 Å². The maximum Gasteiger partial charge on any atom is 0.352 e. The fourth-order valence-corrected chi connectivity index (χ4v) is 2.60. The highest BCUT2D eigenvalue weighted by Gasteiger charge is 2.07. The van der Waals surface area contributed by atoms with E-state index in [0.29, 0.717) is 16.5 Å². The lowest BCUT2D eigenvalue weighted by Gasteiger charge is -2.11. The molecule has 0 aliphatic rings. The summed E-state index contributed by atoms with van der Waals surface area (Å²) >= 11 is 5.96. The number of benzene rings is 3. The van der Waals surface area contributed by atoms with Gasteiger partial charge < -0.3 is 14.3 Å². The second kappa shape index (κ2) is 9.58. The molecule has 0 saturated carbocycles. The average molecular weight is 396 g/mol. The topological polar surface area (TPSA) is 57.1 Å². The number of oxime groups is 1. The molecule has 0 radical (unpaired) electrons. The van der Waals surface area contributed by atoms with Crippen LogP contribution in [0.25, 0.3) is 11.1 Å². The van der Waals surface area contributed by atoms with Crippen LogP contribution in [0.3, 0.4) is 0 Å². The third-order valence-corrected chi connectivity index (χ3v) is 4.12. The lowest BCUT2D eigenvalue weighted by atomic mass is 10.1. The van der Waals surface area contributed by atoms with Gasteiger partial charge in [0.05, 0.1) is 7.11 Å². The van der Waals surface area contributed by atoms with Crippen molar-refractivity contribution in [3.8, 4) is 22.6 Å². The number of carbonyl (C=O) groups excluding carboxylic acids is 1. The van der Waals surface area contributed by atoms with Gasteiger partial charge in [0.1, 0.15) is 18.1 Å². The SMILES string of the molecule is COC(=O)/C=N/OCc1ccccc1Oc1cccc(-c2ccc(Cl)cc2)c1. The Bertz CT molecular complexity index is 970. The molecule has 3 rings (SSSR count). The molecule has 28 heavy (non-hydrogen) atoms. The molecule has 0 fully saturated rings. The first-order valence-corrected chi connectivity index (χ1v) is 8.88. The highest BCUT2D eigenvalue weighted by atomic mass is 35.5. The lowest BCUT2D eigenvalue weighted by Crippen LogP contribution is -2.01. The second-order valence-electron chi connectivity index (χ2n) is 5.78. The van der Waals surface area contributed by atoms with Crippen molar-refractivity contribution in [2.24, 2.45) is 5.16 Å². The zero-order valence-corrected chi connectivity index (χ0v) is 15.9. The van der Waals surface area contributed by atoms with E-state index in [4.69, 9.17) is 21.2 Å². The summed E-state index contributed by atoms with van der Waals surface area (Å²) in [7, 11) is 1.27. The molecule has 0 unspecified atom stereocenters. The van der Waals surface area contributed by atoms with Crippen molar-refractivity contribution in [2.45, 2.75) is 6.61 Å². The first-order valence-electron chi connectivity index (χ1n) is 8.51. The van der Waals surface area contributed by atoms with Crippen LogP contribution in [0, 0.1) is 0 Å². The van der Waals surface area contributed by atoms with Crippen LogP contribution >= 0.6 is 11.6 Å². The summed E-state index contributed by atoms with van der Waals surface area (Å²) in [5, 5.41) is 4.27. The number of hydrogen-bond donors (Lipinski definition) is 0. The summed E-state index contributed by atoms with van der Waals surface area (Å²) in [6.45, 7) is 0.153. The van der Waals surface area contributed by atoms with Crippen LogP contribution < -0.4 is 4.74 Å². The minimum atomic E-state index is -0.580. The Morgan fingerprint density at radius 2 is 1.79 bits per heavy atom. The monoisotopic (exact) mass is 395 g/mol. The highest BCUT2D eigenvalue weighted by molar-refractivity contribution is 6.30. The maximum atomic E-state index is 11.0. The summed E-state index contributed by atoms with van der Waals surface area (Å²) in [5.41, 5.74) is 2.86. The van der Waals surface area contributed by atoms with Gasteiger partial charge in [-0.25, -0.2) is 4.79 Å². The molecular weight excluding hydrogens is 378 g/mol. The first-order chi connectivity index (χ1) is 13.7. The molecular formula is C22H18ClNO4. The standard InChI is InChI=1S/C22H18ClNO4/c1-26-22(25)14-24-27-15-18-5-2-3-8-21(18)28-20-7-4-6-17(13-20)16-9-11-19(23)12-10-16/h2-14H,15H2,1H3/b24-14+. The molecule has 6 heteroatoms. The van der Waals surface area contributed by atoms with Crippen LogP contribution in [-0.4, -0.2) is 19.3 Å². The van der Waals surface area contributed by atoms with Gasteiger partial charge in [-0.1, -0.05) is 59.2 Å². The van der Waals surface area contributed by atoms with Crippen LogP contribution in [0.5, 0.6) is 11.5 Å². The smallest absolute Gasteiger partial charge is 0.352 e. The molecule has 0 bridgehead atoms. The van der Waals surface area contributed by atoms with E-state index in [-0.39, 0.29) is 6.61 Å². The number of esters is 1. The van der Waals surface area contributed by atoms with Crippen molar-refractivity contribution in [1.82, 2.24) is 0 Å². The number of nitrogens with zero attached hydrogens (tertiary/aromatic N) is 1. The number of para-hydroxylation sites is 1. The van der Waals surface area contributed by atoms with Crippen molar-refractivity contribution in [3.05, 3.63) is 83.4 Å². The summed E-state index contributed by atoms with van der Waals surface area (Å²) in [6.07, 6.45) is 0.971. The lowest BCUT2D eigenvalue weighted by molar-refractivity contribution is -0.132. The van der Waals surface area contributed by atoms with Crippen molar-refractivity contribution in [2.75, 3.05) is 7.11 Å². The third-order valence-electron chi connectivity index (χ3n) is 3.87.